The topological polar surface area (TPSA) is 71.8 Å². The van der Waals surface area contributed by atoms with Gasteiger partial charge in [-0.15, -0.1) is 0 Å². The highest BCUT2D eigenvalue weighted by Gasteiger charge is 2.49. The molecule has 3 rings (SSSR count). The lowest BCUT2D eigenvalue weighted by Crippen LogP contribution is -2.65. The molecule has 1 fully saturated rings. The fraction of sp³-hybridized carbons (Fsp3) is 0.444. The maximum Gasteiger partial charge on any atom is 0.410 e. The summed E-state index contributed by atoms with van der Waals surface area (Å²) < 4.78 is 7.29. The van der Waals surface area contributed by atoms with Crippen molar-refractivity contribution >= 4 is 34.6 Å². The monoisotopic (exact) mass is 364 g/mol. The van der Waals surface area contributed by atoms with Crippen LogP contribution in [0.15, 0.2) is 30.5 Å². The first kappa shape index (κ1) is 17.6. The molecule has 1 N–H and O–H groups in total. The third kappa shape index (κ3) is 3.44. The number of carbonyl (C=O) groups excluding carboxylic acids is 1. The van der Waals surface area contributed by atoms with E-state index in [9.17, 15) is 14.7 Å². The number of likely N-dealkylation sites (tertiary alicyclic amines) is 1. The molecule has 2 aromatic rings. The van der Waals surface area contributed by atoms with Gasteiger partial charge in [-0.05, 0) is 44.4 Å². The molecule has 0 saturated carbocycles. The average Bonchev–Trinajstić information content (AvgIpc) is 2.83. The van der Waals surface area contributed by atoms with Gasteiger partial charge in [0.25, 0.3) is 0 Å². The van der Waals surface area contributed by atoms with E-state index in [-0.39, 0.29) is 19.5 Å². The van der Waals surface area contributed by atoms with E-state index < -0.39 is 23.2 Å². The first-order valence-electron chi connectivity index (χ1n) is 8.06. The Balaban J connectivity index is 1.90. The minimum atomic E-state index is -0.910. The molecule has 1 amide bonds. The number of halogens is 1. The van der Waals surface area contributed by atoms with Gasteiger partial charge in [-0.1, -0.05) is 17.7 Å². The second kappa shape index (κ2) is 5.95. The number of aromatic nitrogens is 1. The van der Waals surface area contributed by atoms with Gasteiger partial charge in [0.05, 0.1) is 17.5 Å². The zero-order chi connectivity index (χ0) is 18.4. The van der Waals surface area contributed by atoms with Crippen LogP contribution in [0.4, 0.5) is 4.79 Å². The smallest absolute Gasteiger partial charge is 0.410 e. The predicted molar refractivity (Wildman–Crippen MR) is 95.0 cm³/mol. The van der Waals surface area contributed by atoms with Crippen molar-refractivity contribution in [3.05, 3.63) is 35.5 Å². The van der Waals surface area contributed by atoms with E-state index in [1.54, 1.807) is 26.8 Å². The molecule has 1 saturated heterocycles. The summed E-state index contributed by atoms with van der Waals surface area (Å²) in [5.41, 5.74) is -0.428. The summed E-state index contributed by atoms with van der Waals surface area (Å²) in [6.07, 6.45) is 1.35. The molecule has 1 aromatic carbocycles. The SMILES string of the molecule is CC(C)(C)OC(=O)N1CC(CC(=O)O)(n2ccc3ccc(Cl)cc32)C1. The lowest BCUT2D eigenvalue weighted by Gasteiger charge is -2.50. The van der Waals surface area contributed by atoms with Crippen LogP contribution in [0, 0.1) is 0 Å². The number of nitrogens with zero attached hydrogens (tertiary/aromatic N) is 2. The number of fused-ring (bicyclic) bond motifs is 1. The van der Waals surface area contributed by atoms with Crippen LogP contribution in [-0.2, 0) is 15.1 Å². The summed E-state index contributed by atoms with van der Waals surface area (Å²) in [5, 5.41) is 10.9. The number of amides is 1. The van der Waals surface area contributed by atoms with Gasteiger partial charge in [0, 0.05) is 24.3 Å². The fourth-order valence-corrected chi connectivity index (χ4v) is 3.43. The number of hydrogen-bond donors (Lipinski definition) is 1. The summed E-state index contributed by atoms with van der Waals surface area (Å²) in [7, 11) is 0. The summed E-state index contributed by atoms with van der Waals surface area (Å²) >= 11 is 6.10. The molecule has 2 heterocycles. The average molecular weight is 365 g/mol. The second-order valence-corrected chi connectivity index (χ2v) is 7.96. The molecule has 0 unspecified atom stereocenters. The third-order valence-corrected chi connectivity index (χ3v) is 4.50. The Bertz CT molecular complexity index is 831. The van der Waals surface area contributed by atoms with E-state index >= 15 is 0 Å². The molecule has 1 aliphatic rings. The number of aliphatic carboxylic acids is 1. The van der Waals surface area contributed by atoms with Crippen LogP contribution in [0.25, 0.3) is 10.9 Å². The number of carbonyl (C=O) groups is 2. The molecule has 0 radical (unpaired) electrons. The zero-order valence-corrected chi connectivity index (χ0v) is 15.2. The Morgan fingerprint density at radius 1 is 1.28 bits per heavy atom. The summed E-state index contributed by atoms with van der Waals surface area (Å²) in [6.45, 7) is 5.97. The zero-order valence-electron chi connectivity index (χ0n) is 14.5. The minimum absolute atomic E-state index is 0.0808. The van der Waals surface area contributed by atoms with E-state index in [0.29, 0.717) is 5.02 Å². The van der Waals surface area contributed by atoms with Crippen LogP contribution < -0.4 is 0 Å². The minimum Gasteiger partial charge on any atom is -0.481 e. The van der Waals surface area contributed by atoms with Crippen molar-refractivity contribution in [1.82, 2.24) is 9.47 Å². The van der Waals surface area contributed by atoms with E-state index in [0.717, 1.165) is 10.9 Å². The Morgan fingerprint density at radius 3 is 2.56 bits per heavy atom. The van der Waals surface area contributed by atoms with Crippen molar-refractivity contribution in [1.29, 1.82) is 0 Å². The van der Waals surface area contributed by atoms with Crippen LogP contribution in [0.5, 0.6) is 0 Å². The molecule has 134 valence electrons. The number of benzene rings is 1. The van der Waals surface area contributed by atoms with Gasteiger partial charge in [0.15, 0.2) is 0 Å². The Labute approximate surface area is 150 Å². The molecule has 0 bridgehead atoms. The Kier molecular flexibility index (Phi) is 4.19. The van der Waals surface area contributed by atoms with Gasteiger partial charge in [-0.25, -0.2) is 4.79 Å². The number of rotatable bonds is 3. The first-order chi connectivity index (χ1) is 11.6. The maximum atomic E-state index is 12.2. The summed E-state index contributed by atoms with van der Waals surface area (Å²) in [4.78, 5) is 25.2. The van der Waals surface area contributed by atoms with E-state index in [1.807, 2.05) is 29.0 Å². The molecule has 1 aliphatic heterocycles. The summed E-state index contributed by atoms with van der Waals surface area (Å²) in [6, 6.07) is 7.43. The van der Waals surface area contributed by atoms with E-state index in [4.69, 9.17) is 16.3 Å². The Morgan fingerprint density at radius 2 is 1.96 bits per heavy atom. The van der Waals surface area contributed by atoms with Gasteiger partial charge >= 0.3 is 12.1 Å². The standard InChI is InChI=1S/C18H21ClN2O4/c1-17(2,3)25-16(24)20-10-18(11-20,9-15(22)23)21-7-6-12-4-5-13(19)8-14(12)21/h4-8H,9-11H2,1-3H3,(H,22,23). The molecule has 0 atom stereocenters. The molecule has 0 spiro atoms. The van der Waals surface area contributed by atoms with Crippen molar-refractivity contribution in [2.75, 3.05) is 13.1 Å². The molecule has 25 heavy (non-hydrogen) atoms. The lowest BCUT2D eigenvalue weighted by atomic mass is 9.86. The van der Waals surface area contributed by atoms with Gasteiger partial charge < -0.3 is 19.3 Å². The van der Waals surface area contributed by atoms with Gasteiger partial charge in [-0.3, -0.25) is 4.79 Å². The normalized spacial score (nSPS) is 16.6. The molecule has 1 aromatic heterocycles. The van der Waals surface area contributed by atoms with Crippen molar-refractivity contribution in [2.45, 2.75) is 38.3 Å². The van der Waals surface area contributed by atoms with Crippen molar-refractivity contribution < 1.29 is 19.4 Å². The molecular formula is C18H21ClN2O4. The van der Waals surface area contributed by atoms with E-state index in [1.165, 1.54) is 4.90 Å². The van der Waals surface area contributed by atoms with Crippen molar-refractivity contribution in [2.24, 2.45) is 0 Å². The highest BCUT2D eigenvalue weighted by atomic mass is 35.5. The number of ether oxygens (including phenoxy) is 1. The highest BCUT2D eigenvalue weighted by molar-refractivity contribution is 6.31. The molecule has 0 aliphatic carbocycles. The van der Waals surface area contributed by atoms with Crippen LogP contribution in [-0.4, -0.2) is 45.3 Å². The van der Waals surface area contributed by atoms with E-state index in [2.05, 4.69) is 0 Å². The first-order valence-corrected chi connectivity index (χ1v) is 8.44. The third-order valence-electron chi connectivity index (χ3n) is 4.27. The summed E-state index contributed by atoms with van der Waals surface area (Å²) in [5.74, 6) is -0.910. The molecule has 6 nitrogen and oxygen atoms in total. The predicted octanol–water partition coefficient (Wildman–Crippen LogP) is 3.72. The van der Waals surface area contributed by atoms with Crippen LogP contribution in [0.3, 0.4) is 0 Å². The van der Waals surface area contributed by atoms with Crippen molar-refractivity contribution in [3.63, 3.8) is 0 Å². The largest absolute Gasteiger partial charge is 0.481 e. The Hall–Kier alpha value is -2.21. The number of hydrogen-bond acceptors (Lipinski definition) is 3. The van der Waals surface area contributed by atoms with Crippen LogP contribution >= 0.6 is 11.6 Å². The second-order valence-electron chi connectivity index (χ2n) is 7.52. The quantitative estimate of drug-likeness (QED) is 0.901. The van der Waals surface area contributed by atoms with Crippen LogP contribution in [0.1, 0.15) is 27.2 Å². The maximum absolute atomic E-state index is 12.2. The number of carboxylic acids is 1. The van der Waals surface area contributed by atoms with Gasteiger partial charge in [0.2, 0.25) is 0 Å². The van der Waals surface area contributed by atoms with Gasteiger partial charge in [0.1, 0.15) is 5.60 Å². The lowest BCUT2D eigenvalue weighted by molar-refractivity contribution is -0.142. The number of carboxylic acid groups (broad SMARTS) is 1. The molecule has 7 heteroatoms. The molecular weight excluding hydrogens is 344 g/mol. The fourth-order valence-electron chi connectivity index (χ4n) is 3.27. The van der Waals surface area contributed by atoms with Gasteiger partial charge in [-0.2, -0.15) is 0 Å². The van der Waals surface area contributed by atoms with Crippen molar-refractivity contribution in [3.8, 4) is 0 Å². The highest BCUT2D eigenvalue weighted by Crippen LogP contribution is 2.37. The van der Waals surface area contributed by atoms with Crippen LogP contribution in [0.2, 0.25) is 5.02 Å².